The van der Waals surface area contributed by atoms with Crippen LogP contribution in [0, 0.1) is 0 Å². The quantitative estimate of drug-likeness (QED) is 0.125. The number of hydrogen-bond acceptors (Lipinski definition) is 6. The maximum Gasteiger partial charge on any atom is 0.416 e. The second-order valence-corrected chi connectivity index (χ2v) is 12.0. The van der Waals surface area contributed by atoms with Gasteiger partial charge >= 0.3 is 12.1 Å². The Morgan fingerprint density at radius 1 is 0.936 bits per heavy atom. The summed E-state index contributed by atoms with van der Waals surface area (Å²) in [6.45, 7) is 6.50. The van der Waals surface area contributed by atoms with E-state index in [4.69, 9.17) is 14.3 Å². The molecule has 4 aromatic carbocycles. The number of carboxylic acid groups (broad SMARTS) is 1. The molecule has 0 fully saturated rings. The standard InChI is InChI=1S/C37H37F3N2O5/c1-36(2)19-20-42(32-18-11-27(24-31(32)36)34(41-45-3)26-7-5-4-6-8-26)21-22-46-29-14-9-25(10-15-29)23-33(35(43)44)47-30-16-12-28(13-17-30)37(38,39)40/h4-18,24,33H,19-23H2,1-3H3,(H,43,44)/b41-34+. The van der Waals surface area contributed by atoms with Gasteiger partial charge in [0.25, 0.3) is 0 Å². The number of ether oxygens (including phenoxy) is 2. The van der Waals surface area contributed by atoms with Crippen molar-refractivity contribution in [2.75, 3.05) is 31.7 Å². The Hall–Kier alpha value is -4.99. The van der Waals surface area contributed by atoms with Crippen molar-refractivity contribution in [1.82, 2.24) is 0 Å². The van der Waals surface area contributed by atoms with Crippen molar-refractivity contribution in [3.8, 4) is 11.5 Å². The van der Waals surface area contributed by atoms with Crippen LogP contribution in [0.2, 0.25) is 0 Å². The fourth-order valence-corrected chi connectivity index (χ4v) is 5.64. The lowest BCUT2D eigenvalue weighted by molar-refractivity contribution is -0.145. The maximum absolute atomic E-state index is 12.8. The lowest BCUT2D eigenvalue weighted by atomic mass is 9.76. The molecule has 47 heavy (non-hydrogen) atoms. The van der Waals surface area contributed by atoms with Crippen molar-refractivity contribution in [3.63, 3.8) is 0 Å². The number of alkyl halides is 3. The lowest BCUT2D eigenvalue weighted by Crippen LogP contribution is -2.39. The maximum atomic E-state index is 12.8. The van der Waals surface area contributed by atoms with Gasteiger partial charge in [-0.05, 0) is 71.5 Å². The fourth-order valence-electron chi connectivity index (χ4n) is 5.64. The van der Waals surface area contributed by atoms with Gasteiger partial charge in [-0.25, -0.2) is 4.79 Å². The zero-order chi connectivity index (χ0) is 33.6. The van der Waals surface area contributed by atoms with Crippen molar-refractivity contribution in [3.05, 3.63) is 125 Å². The highest BCUT2D eigenvalue weighted by molar-refractivity contribution is 6.13. The molecule has 0 radical (unpaired) electrons. The van der Waals surface area contributed by atoms with Gasteiger partial charge in [-0.15, -0.1) is 0 Å². The lowest BCUT2D eigenvalue weighted by Gasteiger charge is -2.40. The van der Waals surface area contributed by atoms with Crippen LogP contribution in [0.25, 0.3) is 0 Å². The van der Waals surface area contributed by atoms with E-state index in [0.717, 1.165) is 59.8 Å². The van der Waals surface area contributed by atoms with E-state index >= 15 is 0 Å². The molecule has 0 saturated heterocycles. The summed E-state index contributed by atoms with van der Waals surface area (Å²) in [7, 11) is 1.55. The van der Waals surface area contributed by atoms with Crippen LogP contribution in [-0.4, -0.2) is 49.7 Å². The highest BCUT2D eigenvalue weighted by Gasteiger charge is 2.32. The minimum absolute atomic E-state index is 0.0278. The topological polar surface area (TPSA) is 80.6 Å². The first kappa shape index (κ1) is 33.4. The zero-order valence-electron chi connectivity index (χ0n) is 26.5. The molecule has 1 unspecified atom stereocenters. The highest BCUT2D eigenvalue weighted by Crippen LogP contribution is 2.40. The average molecular weight is 647 g/mol. The summed E-state index contributed by atoms with van der Waals surface area (Å²) >= 11 is 0. The van der Waals surface area contributed by atoms with Gasteiger partial charge in [0.1, 0.15) is 30.9 Å². The van der Waals surface area contributed by atoms with Crippen LogP contribution >= 0.6 is 0 Å². The molecule has 1 N–H and O–H groups in total. The van der Waals surface area contributed by atoms with Gasteiger partial charge in [-0.3, -0.25) is 0 Å². The van der Waals surface area contributed by atoms with E-state index in [1.165, 1.54) is 5.56 Å². The van der Waals surface area contributed by atoms with E-state index in [2.05, 4.69) is 42.1 Å². The van der Waals surface area contributed by atoms with E-state index in [0.29, 0.717) is 24.5 Å². The molecule has 0 bridgehead atoms. The largest absolute Gasteiger partial charge is 0.492 e. The molecule has 5 rings (SSSR count). The van der Waals surface area contributed by atoms with Crippen LogP contribution in [-0.2, 0) is 27.6 Å². The number of aliphatic carboxylic acids is 1. The number of carboxylic acids is 1. The van der Waals surface area contributed by atoms with Gasteiger partial charge in [0.05, 0.1) is 12.1 Å². The van der Waals surface area contributed by atoms with E-state index in [1.807, 2.05) is 30.3 Å². The molecule has 1 heterocycles. The number of fused-ring (bicyclic) bond motifs is 1. The number of benzene rings is 4. The third-order valence-corrected chi connectivity index (χ3v) is 8.29. The van der Waals surface area contributed by atoms with Gasteiger partial charge in [0.2, 0.25) is 0 Å². The van der Waals surface area contributed by atoms with Crippen LogP contribution in [0.15, 0.2) is 102 Å². The van der Waals surface area contributed by atoms with Gasteiger partial charge in [-0.2, -0.15) is 13.2 Å². The van der Waals surface area contributed by atoms with Crippen LogP contribution in [0.4, 0.5) is 18.9 Å². The Bertz CT molecular complexity index is 1690. The Kier molecular flexibility index (Phi) is 10.1. The normalized spacial score (nSPS) is 15.0. The fraction of sp³-hybridized carbons (Fsp3) is 0.297. The van der Waals surface area contributed by atoms with Crippen LogP contribution in [0.3, 0.4) is 0 Å². The number of halogens is 3. The average Bonchev–Trinajstić information content (AvgIpc) is 3.05. The SMILES string of the molecule is CO/N=C(\c1ccccc1)c1ccc2c(c1)C(C)(C)CCN2CCOc1ccc(CC(Oc2ccc(C(F)(F)F)cc2)C(=O)O)cc1. The summed E-state index contributed by atoms with van der Waals surface area (Å²) in [5.41, 5.74) is 4.95. The summed E-state index contributed by atoms with van der Waals surface area (Å²) in [6, 6.07) is 27.4. The Morgan fingerprint density at radius 3 is 2.26 bits per heavy atom. The molecule has 7 nitrogen and oxygen atoms in total. The number of anilines is 1. The van der Waals surface area contributed by atoms with Crippen LogP contribution < -0.4 is 14.4 Å². The molecule has 0 aromatic heterocycles. The van der Waals surface area contributed by atoms with Crippen molar-refractivity contribution < 1.29 is 37.4 Å². The highest BCUT2D eigenvalue weighted by atomic mass is 19.4. The summed E-state index contributed by atoms with van der Waals surface area (Å²) in [4.78, 5) is 19.3. The third-order valence-electron chi connectivity index (χ3n) is 8.29. The molecule has 1 atom stereocenters. The molecule has 4 aromatic rings. The van der Waals surface area contributed by atoms with E-state index in [9.17, 15) is 23.1 Å². The van der Waals surface area contributed by atoms with E-state index in [-0.39, 0.29) is 17.6 Å². The Balaban J connectivity index is 1.20. The molecular weight excluding hydrogens is 609 g/mol. The first-order chi connectivity index (χ1) is 22.4. The first-order valence-corrected chi connectivity index (χ1v) is 15.3. The number of carbonyl (C=O) groups is 1. The summed E-state index contributed by atoms with van der Waals surface area (Å²) < 4.78 is 50.1. The van der Waals surface area contributed by atoms with Crippen LogP contribution in [0.5, 0.6) is 11.5 Å². The first-order valence-electron chi connectivity index (χ1n) is 15.3. The Labute approximate surface area is 272 Å². The van der Waals surface area contributed by atoms with E-state index < -0.39 is 23.8 Å². The molecule has 0 amide bonds. The predicted molar refractivity (Wildman–Crippen MR) is 175 cm³/mol. The third kappa shape index (κ3) is 8.24. The van der Waals surface area contributed by atoms with Crippen LogP contribution in [0.1, 0.15) is 48.1 Å². The van der Waals surface area contributed by atoms with Crippen molar-refractivity contribution >= 4 is 17.4 Å². The molecule has 1 aliphatic rings. The molecule has 246 valence electrons. The van der Waals surface area contributed by atoms with Crippen molar-refractivity contribution in [1.29, 1.82) is 0 Å². The monoisotopic (exact) mass is 646 g/mol. The zero-order valence-corrected chi connectivity index (χ0v) is 26.5. The molecule has 0 spiro atoms. The summed E-state index contributed by atoms with van der Waals surface area (Å²) in [6.07, 6.45) is -4.76. The number of hydrogen-bond donors (Lipinski definition) is 1. The second-order valence-electron chi connectivity index (χ2n) is 12.0. The van der Waals surface area contributed by atoms with Gasteiger partial charge in [-0.1, -0.05) is 67.5 Å². The predicted octanol–water partition coefficient (Wildman–Crippen LogP) is 7.75. The van der Waals surface area contributed by atoms with Crippen molar-refractivity contribution in [2.45, 2.75) is 44.4 Å². The van der Waals surface area contributed by atoms with E-state index in [1.54, 1.807) is 31.4 Å². The summed E-state index contributed by atoms with van der Waals surface area (Å²) in [5, 5.41) is 14.0. The smallest absolute Gasteiger partial charge is 0.416 e. The minimum atomic E-state index is -4.49. The molecule has 0 aliphatic carbocycles. The molecule has 10 heteroatoms. The second kappa shape index (κ2) is 14.2. The van der Waals surface area contributed by atoms with Gasteiger partial charge in [0.15, 0.2) is 6.10 Å². The van der Waals surface area contributed by atoms with Gasteiger partial charge < -0.3 is 24.3 Å². The molecule has 1 aliphatic heterocycles. The molecule has 0 saturated carbocycles. The Morgan fingerprint density at radius 2 is 1.62 bits per heavy atom. The number of rotatable bonds is 12. The van der Waals surface area contributed by atoms with Crippen molar-refractivity contribution in [2.24, 2.45) is 5.16 Å². The summed E-state index contributed by atoms with van der Waals surface area (Å²) in [5.74, 6) is -0.533. The van der Waals surface area contributed by atoms with Gasteiger partial charge in [0, 0.05) is 29.8 Å². The minimum Gasteiger partial charge on any atom is -0.492 e. The molecular formula is C37H37F3N2O5. The number of nitrogens with zero attached hydrogens (tertiary/aromatic N) is 2. The number of oxime groups is 1.